The van der Waals surface area contributed by atoms with Crippen molar-refractivity contribution in [3.8, 4) is 0 Å². The van der Waals surface area contributed by atoms with Crippen LogP contribution >= 0.6 is 15.9 Å². The van der Waals surface area contributed by atoms with E-state index in [1.54, 1.807) is 13.8 Å². The van der Waals surface area contributed by atoms with E-state index in [1.807, 2.05) is 0 Å². The predicted octanol–water partition coefficient (Wildman–Crippen LogP) is 1.05. The number of carbonyl (C=O) groups is 1. The molecular weight excluding hydrogens is 210 g/mol. The maximum absolute atomic E-state index is 11.0. The summed E-state index contributed by atoms with van der Waals surface area (Å²) in [6, 6.07) is 0. The van der Waals surface area contributed by atoms with Crippen molar-refractivity contribution in [2.75, 3.05) is 13.2 Å². The van der Waals surface area contributed by atoms with Crippen LogP contribution in [0.1, 0.15) is 20.3 Å². The van der Waals surface area contributed by atoms with Gasteiger partial charge < -0.3 is 10.5 Å². The summed E-state index contributed by atoms with van der Waals surface area (Å²) < 4.78 is 4.30. The number of ether oxygens (including phenoxy) is 1. The lowest BCUT2D eigenvalue weighted by molar-refractivity contribution is -0.145. The Morgan fingerprint density at radius 3 is 2.55 bits per heavy atom. The second-order valence-electron chi connectivity index (χ2n) is 2.75. The number of halogens is 1. The van der Waals surface area contributed by atoms with Gasteiger partial charge in [0.1, 0.15) is 4.32 Å². The molecule has 11 heavy (non-hydrogen) atoms. The fraction of sp³-hybridized carbons (Fsp3) is 0.857. The highest BCUT2D eigenvalue weighted by Gasteiger charge is 2.24. The van der Waals surface area contributed by atoms with E-state index in [0.717, 1.165) is 6.42 Å². The second-order valence-corrected chi connectivity index (χ2v) is 4.73. The Bertz CT molecular complexity index is 131. The topological polar surface area (TPSA) is 52.3 Å². The van der Waals surface area contributed by atoms with Gasteiger partial charge in [0.25, 0.3) is 0 Å². The van der Waals surface area contributed by atoms with Crippen LogP contribution in [-0.4, -0.2) is 23.4 Å². The molecule has 0 aromatic carbocycles. The van der Waals surface area contributed by atoms with Gasteiger partial charge in [-0.3, -0.25) is 4.79 Å². The van der Waals surface area contributed by atoms with E-state index in [0.29, 0.717) is 13.2 Å². The number of carbonyl (C=O) groups excluding carboxylic acids is 1. The monoisotopic (exact) mass is 223 g/mol. The zero-order valence-corrected chi connectivity index (χ0v) is 8.48. The zero-order valence-electron chi connectivity index (χ0n) is 6.89. The van der Waals surface area contributed by atoms with Crippen molar-refractivity contribution in [2.45, 2.75) is 24.6 Å². The van der Waals surface area contributed by atoms with E-state index in [-0.39, 0.29) is 5.97 Å². The van der Waals surface area contributed by atoms with E-state index in [4.69, 9.17) is 10.5 Å². The average Bonchev–Trinajstić information content (AvgIpc) is 1.86. The Kier molecular flexibility index (Phi) is 4.68. The largest absolute Gasteiger partial charge is 0.465 e. The van der Waals surface area contributed by atoms with Gasteiger partial charge in [0, 0.05) is 0 Å². The molecule has 0 aliphatic heterocycles. The van der Waals surface area contributed by atoms with Crippen molar-refractivity contribution in [3.63, 3.8) is 0 Å². The quantitative estimate of drug-likeness (QED) is 0.441. The van der Waals surface area contributed by atoms with Crippen molar-refractivity contribution < 1.29 is 9.53 Å². The SMILES string of the molecule is CC(C)(Br)C(=O)OCCCN. The molecule has 2 N–H and O–H groups in total. The highest BCUT2D eigenvalue weighted by molar-refractivity contribution is 9.10. The third kappa shape index (κ3) is 5.21. The molecule has 0 bridgehead atoms. The molecule has 0 spiro atoms. The molecule has 0 aromatic heterocycles. The smallest absolute Gasteiger partial charge is 0.322 e. The van der Waals surface area contributed by atoms with E-state index in [9.17, 15) is 4.79 Å². The summed E-state index contributed by atoms with van der Waals surface area (Å²) in [6.45, 7) is 4.45. The van der Waals surface area contributed by atoms with Crippen LogP contribution in [0.4, 0.5) is 0 Å². The maximum Gasteiger partial charge on any atom is 0.322 e. The van der Waals surface area contributed by atoms with Crippen molar-refractivity contribution in [3.05, 3.63) is 0 Å². The summed E-state index contributed by atoms with van der Waals surface area (Å²) in [7, 11) is 0. The van der Waals surface area contributed by atoms with Crippen LogP contribution in [0, 0.1) is 0 Å². The van der Waals surface area contributed by atoms with Crippen LogP contribution in [0.25, 0.3) is 0 Å². The van der Waals surface area contributed by atoms with Crippen molar-refractivity contribution in [2.24, 2.45) is 5.73 Å². The highest BCUT2D eigenvalue weighted by atomic mass is 79.9. The lowest BCUT2D eigenvalue weighted by Crippen LogP contribution is -2.27. The second kappa shape index (κ2) is 4.72. The Hall–Kier alpha value is -0.0900. The maximum atomic E-state index is 11.0. The lowest BCUT2D eigenvalue weighted by atomic mass is 10.2. The first kappa shape index (κ1) is 10.9. The molecule has 4 heteroatoms. The van der Waals surface area contributed by atoms with Crippen LogP contribution in [0.3, 0.4) is 0 Å². The third-order valence-electron chi connectivity index (χ3n) is 1.07. The van der Waals surface area contributed by atoms with Gasteiger partial charge in [-0.05, 0) is 26.8 Å². The zero-order chi connectivity index (χ0) is 8.91. The summed E-state index contributed by atoms with van der Waals surface area (Å²) in [5.41, 5.74) is 5.22. The molecule has 0 radical (unpaired) electrons. The lowest BCUT2D eigenvalue weighted by Gasteiger charge is -2.14. The molecule has 0 rings (SSSR count). The molecule has 0 aromatic rings. The summed E-state index contributed by atoms with van der Waals surface area (Å²) >= 11 is 3.19. The molecule has 0 aliphatic carbocycles. The van der Waals surface area contributed by atoms with Gasteiger partial charge in [0.05, 0.1) is 6.61 Å². The summed E-state index contributed by atoms with van der Waals surface area (Å²) in [5.74, 6) is -0.244. The minimum atomic E-state index is -0.582. The van der Waals surface area contributed by atoms with Gasteiger partial charge >= 0.3 is 5.97 Å². The van der Waals surface area contributed by atoms with Crippen LogP contribution in [0.15, 0.2) is 0 Å². The van der Waals surface area contributed by atoms with Gasteiger partial charge in [0.2, 0.25) is 0 Å². The summed E-state index contributed by atoms with van der Waals surface area (Å²) in [4.78, 5) is 11.0. The molecule has 0 unspecified atom stereocenters. The molecule has 0 fully saturated rings. The number of esters is 1. The standard InChI is InChI=1S/C7H14BrNO2/c1-7(2,8)6(10)11-5-3-4-9/h3-5,9H2,1-2H3. The Labute approximate surface area is 75.4 Å². The minimum Gasteiger partial charge on any atom is -0.465 e. The molecular formula is C7H14BrNO2. The van der Waals surface area contributed by atoms with Gasteiger partial charge in [-0.15, -0.1) is 0 Å². The van der Waals surface area contributed by atoms with Crippen LogP contribution < -0.4 is 5.73 Å². The molecule has 0 heterocycles. The number of nitrogens with two attached hydrogens (primary N) is 1. The van der Waals surface area contributed by atoms with Crippen LogP contribution in [0.5, 0.6) is 0 Å². The molecule has 0 atom stereocenters. The normalized spacial score (nSPS) is 11.3. The van der Waals surface area contributed by atoms with Crippen LogP contribution in [0.2, 0.25) is 0 Å². The Morgan fingerprint density at radius 1 is 1.64 bits per heavy atom. The fourth-order valence-corrected chi connectivity index (χ4v) is 0.534. The molecule has 0 amide bonds. The third-order valence-corrected chi connectivity index (χ3v) is 1.39. The van der Waals surface area contributed by atoms with E-state index >= 15 is 0 Å². The number of rotatable bonds is 4. The van der Waals surface area contributed by atoms with Crippen LogP contribution in [-0.2, 0) is 9.53 Å². The average molecular weight is 224 g/mol. The molecule has 3 nitrogen and oxygen atoms in total. The van der Waals surface area contributed by atoms with Crippen molar-refractivity contribution in [1.29, 1.82) is 0 Å². The number of hydrogen-bond donors (Lipinski definition) is 1. The number of hydrogen-bond acceptors (Lipinski definition) is 3. The van der Waals surface area contributed by atoms with Gasteiger partial charge in [-0.1, -0.05) is 15.9 Å². The van der Waals surface area contributed by atoms with Crippen molar-refractivity contribution >= 4 is 21.9 Å². The molecule has 66 valence electrons. The first-order valence-electron chi connectivity index (χ1n) is 3.54. The predicted molar refractivity (Wildman–Crippen MR) is 47.6 cm³/mol. The van der Waals surface area contributed by atoms with Gasteiger partial charge in [-0.2, -0.15) is 0 Å². The molecule has 0 saturated heterocycles. The first-order chi connectivity index (χ1) is 4.98. The first-order valence-corrected chi connectivity index (χ1v) is 4.34. The van der Waals surface area contributed by atoms with Gasteiger partial charge in [0.15, 0.2) is 0 Å². The minimum absolute atomic E-state index is 0.244. The Morgan fingerprint density at radius 2 is 2.18 bits per heavy atom. The van der Waals surface area contributed by atoms with E-state index in [2.05, 4.69) is 15.9 Å². The van der Waals surface area contributed by atoms with E-state index in [1.165, 1.54) is 0 Å². The van der Waals surface area contributed by atoms with E-state index < -0.39 is 4.32 Å². The molecule has 0 saturated carbocycles. The summed E-state index contributed by atoms with van der Waals surface area (Å²) in [6.07, 6.45) is 0.717. The fourth-order valence-electron chi connectivity index (χ4n) is 0.420. The Balaban J connectivity index is 3.54. The molecule has 0 aliphatic rings. The number of alkyl halides is 1. The summed E-state index contributed by atoms with van der Waals surface area (Å²) in [5, 5.41) is 0. The van der Waals surface area contributed by atoms with Crippen molar-refractivity contribution in [1.82, 2.24) is 0 Å². The highest BCUT2D eigenvalue weighted by Crippen LogP contribution is 2.17. The van der Waals surface area contributed by atoms with Gasteiger partial charge in [-0.25, -0.2) is 0 Å².